The van der Waals surface area contributed by atoms with E-state index in [1.807, 2.05) is 10.9 Å². The van der Waals surface area contributed by atoms with Gasteiger partial charge in [0.15, 0.2) is 11.2 Å². The Bertz CT molecular complexity index is 1110. The first kappa shape index (κ1) is 18.5. The van der Waals surface area contributed by atoms with Crippen LogP contribution in [-0.2, 0) is 17.7 Å². The lowest BCUT2D eigenvalue weighted by Gasteiger charge is -2.03. The van der Waals surface area contributed by atoms with E-state index in [9.17, 15) is 4.39 Å². The van der Waals surface area contributed by atoms with Crippen molar-refractivity contribution in [3.05, 3.63) is 59.0 Å². The fraction of sp³-hybridized carbons (Fsp3) is 0.278. The number of fused-ring (bicyclic) bond motifs is 1. The van der Waals surface area contributed by atoms with Crippen molar-refractivity contribution in [1.82, 2.24) is 34.7 Å². The highest BCUT2D eigenvalue weighted by Crippen LogP contribution is 2.20. The van der Waals surface area contributed by atoms with E-state index < -0.39 is 5.82 Å². The maximum Gasteiger partial charge on any atom is 0.187 e. The molecule has 4 rings (SSSR count). The fourth-order valence-corrected chi connectivity index (χ4v) is 2.93. The van der Waals surface area contributed by atoms with Crippen LogP contribution in [0.1, 0.15) is 17.8 Å². The van der Waals surface area contributed by atoms with Crippen LogP contribution in [0.2, 0.25) is 5.02 Å². The molecule has 0 atom stereocenters. The molecule has 28 heavy (non-hydrogen) atoms. The number of ether oxygens (including phenoxy) is 1. The van der Waals surface area contributed by atoms with Crippen molar-refractivity contribution < 1.29 is 9.13 Å². The SMILES string of the molecule is COCCCn1cc(Cc2ncc3nnn(-c4ccc(Cl)c(F)c4)c3n2)cn1. The van der Waals surface area contributed by atoms with E-state index in [0.29, 0.717) is 35.7 Å². The van der Waals surface area contributed by atoms with Crippen LogP contribution in [0.15, 0.2) is 36.8 Å². The monoisotopic (exact) mass is 401 g/mol. The molecule has 4 aromatic rings. The Kier molecular flexibility index (Phi) is 5.27. The van der Waals surface area contributed by atoms with Gasteiger partial charge in [0.1, 0.15) is 11.6 Å². The van der Waals surface area contributed by atoms with Crippen molar-refractivity contribution in [3.8, 4) is 5.69 Å². The molecule has 0 aliphatic carbocycles. The van der Waals surface area contributed by atoms with Crippen LogP contribution in [0.4, 0.5) is 4.39 Å². The van der Waals surface area contributed by atoms with E-state index >= 15 is 0 Å². The number of hydrogen-bond donors (Lipinski definition) is 0. The fourth-order valence-electron chi connectivity index (χ4n) is 2.81. The maximum absolute atomic E-state index is 13.8. The summed E-state index contributed by atoms with van der Waals surface area (Å²) in [6.07, 6.45) is 6.78. The highest BCUT2D eigenvalue weighted by molar-refractivity contribution is 6.30. The summed E-state index contributed by atoms with van der Waals surface area (Å²) in [5.41, 5.74) is 2.50. The van der Waals surface area contributed by atoms with Gasteiger partial charge >= 0.3 is 0 Å². The molecule has 0 fully saturated rings. The number of nitrogens with zero attached hydrogens (tertiary/aromatic N) is 7. The predicted molar refractivity (Wildman–Crippen MR) is 101 cm³/mol. The average Bonchev–Trinajstić information content (AvgIpc) is 3.31. The van der Waals surface area contributed by atoms with Crippen molar-refractivity contribution in [2.75, 3.05) is 13.7 Å². The van der Waals surface area contributed by atoms with Gasteiger partial charge in [-0.05, 0) is 24.1 Å². The highest BCUT2D eigenvalue weighted by atomic mass is 35.5. The Labute approximate surface area is 164 Å². The third-order valence-corrected chi connectivity index (χ3v) is 4.48. The van der Waals surface area contributed by atoms with Gasteiger partial charge in [0.05, 0.1) is 23.1 Å². The summed E-state index contributed by atoms with van der Waals surface area (Å²) < 4.78 is 22.2. The van der Waals surface area contributed by atoms with Gasteiger partial charge in [0.2, 0.25) is 0 Å². The molecule has 0 unspecified atom stereocenters. The second kappa shape index (κ2) is 7.99. The van der Waals surface area contributed by atoms with Crippen molar-refractivity contribution in [3.63, 3.8) is 0 Å². The van der Waals surface area contributed by atoms with E-state index in [4.69, 9.17) is 16.3 Å². The third kappa shape index (κ3) is 3.85. The highest BCUT2D eigenvalue weighted by Gasteiger charge is 2.12. The average molecular weight is 402 g/mol. The second-order valence-electron chi connectivity index (χ2n) is 6.23. The summed E-state index contributed by atoms with van der Waals surface area (Å²) in [6, 6.07) is 4.42. The summed E-state index contributed by atoms with van der Waals surface area (Å²) in [5.74, 6) is 0.0694. The minimum atomic E-state index is -0.530. The number of halogens is 2. The first-order valence-electron chi connectivity index (χ1n) is 8.67. The second-order valence-corrected chi connectivity index (χ2v) is 6.64. The Morgan fingerprint density at radius 2 is 2.14 bits per heavy atom. The van der Waals surface area contributed by atoms with Gasteiger partial charge in [-0.1, -0.05) is 16.8 Å². The van der Waals surface area contributed by atoms with E-state index in [0.717, 1.165) is 18.5 Å². The minimum Gasteiger partial charge on any atom is -0.385 e. The molecule has 3 heterocycles. The van der Waals surface area contributed by atoms with Gasteiger partial charge in [-0.25, -0.2) is 14.4 Å². The van der Waals surface area contributed by atoms with Crippen LogP contribution in [0, 0.1) is 5.82 Å². The predicted octanol–water partition coefficient (Wildman–Crippen LogP) is 2.83. The summed E-state index contributed by atoms with van der Waals surface area (Å²) in [5, 5.41) is 12.5. The normalized spacial score (nSPS) is 11.4. The molecular weight excluding hydrogens is 385 g/mol. The molecule has 10 heteroatoms. The van der Waals surface area contributed by atoms with Gasteiger partial charge in [-0.3, -0.25) is 4.68 Å². The molecule has 0 spiro atoms. The molecule has 144 valence electrons. The number of methoxy groups -OCH3 is 1. The van der Waals surface area contributed by atoms with Gasteiger partial charge < -0.3 is 4.74 Å². The van der Waals surface area contributed by atoms with Gasteiger partial charge in [0, 0.05) is 38.9 Å². The Balaban J connectivity index is 1.58. The van der Waals surface area contributed by atoms with Crippen LogP contribution in [-0.4, -0.2) is 48.5 Å². The maximum atomic E-state index is 13.8. The zero-order valence-electron chi connectivity index (χ0n) is 15.1. The first-order chi connectivity index (χ1) is 13.6. The van der Waals surface area contributed by atoms with E-state index in [2.05, 4.69) is 25.4 Å². The molecule has 0 amide bonds. The summed E-state index contributed by atoms with van der Waals surface area (Å²) >= 11 is 5.76. The van der Waals surface area contributed by atoms with Crippen LogP contribution < -0.4 is 0 Å². The largest absolute Gasteiger partial charge is 0.385 e. The smallest absolute Gasteiger partial charge is 0.187 e. The van der Waals surface area contributed by atoms with Crippen molar-refractivity contribution in [2.24, 2.45) is 0 Å². The summed E-state index contributed by atoms with van der Waals surface area (Å²) in [6.45, 7) is 1.48. The molecule has 0 aliphatic heterocycles. The molecular formula is C18H17ClFN7O. The molecule has 3 aromatic heterocycles. The number of hydrogen-bond acceptors (Lipinski definition) is 6. The number of benzene rings is 1. The first-order valence-corrected chi connectivity index (χ1v) is 9.05. The van der Waals surface area contributed by atoms with Gasteiger partial charge in [-0.2, -0.15) is 9.78 Å². The van der Waals surface area contributed by atoms with E-state index in [1.165, 1.54) is 16.8 Å². The molecule has 0 radical (unpaired) electrons. The molecule has 0 aliphatic rings. The summed E-state index contributed by atoms with van der Waals surface area (Å²) in [7, 11) is 1.68. The molecule has 8 nitrogen and oxygen atoms in total. The van der Waals surface area contributed by atoms with Crippen LogP contribution >= 0.6 is 11.6 Å². The lowest BCUT2D eigenvalue weighted by Crippen LogP contribution is -2.02. The van der Waals surface area contributed by atoms with Crippen LogP contribution in [0.5, 0.6) is 0 Å². The van der Waals surface area contributed by atoms with Gasteiger partial charge in [-0.15, -0.1) is 5.10 Å². The Morgan fingerprint density at radius 3 is 2.96 bits per heavy atom. The molecule has 1 aromatic carbocycles. The Hall–Kier alpha value is -2.91. The number of rotatable bonds is 7. The Morgan fingerprint density at radius 1 is 1.25 bits per heavy atom. The topological polar surface area (TPSA) is 83.5 Å². The van der Waals surface area contributed by atoms with Crippen LogP contribution in [0.25, 0.3) is 16.9 Å². The van der Waals surface area contributed by atoms with Crippen molar-refractivity contribution in [2.45, 2.75) is 19.4 Å². The lowest BCUT2D eigenvalue weighted by molar-refractivity contribution is 0.189. The van der Waals surface area contributed by atoms with Crippen LogP contribution in [0.3, 0.4) is 0 Å². The van der Waals surface area contributed by atoms with Crippen molar-refractivity contribution >= 4 is 22.8 Å². The quantitative estimate of drug-likeness (QED) is 0.443. The summed E-state index contributed by atoms with van der Waals surface area (Å²) in [4.78, 5) is 8.90. The molecule has 0 N–H and O–H groups in total. The van der Waals surface area contributed by atoms with Gasteiger partial charge in [0.25, 0.3) is 0 Å². The van der Waals surface area contributed by atoms with Crippen molar-refractivity contribution in [1.29, 1.82) is 0 Å². The van der Waals surface area contributed by atoms with E-state index in [1.54, 1.807) is 25.6 Å². The third-order valence-electron chi connectivity index (χ3n) is 4.17. The minimum absolute atomic E-state index is 0.0472. The molecule has 0 saturated carbocycles. The zero-order valence-corrected chi connectivity index (χ0v) is 15.8. The van der Waals surface area contributed by atoms with E-state index in [-0.39, 0.29) is 5.02 Å². The lowest BCUT2D eigenvalue weighted by atomic mass is 10.2. The number of aromatic nitrogens is 7. The molecule has 0 saturated heterocycles. The standard InChI is InChI=1S/C18H17ClFN7O/c1-28-6-2-5-26-11-12(9-22-26)7-17-21-10-16-18(23-17)27(25-24-16)13-3-4-14(19)15(20)8-13/h3-4,8-11H,2,5-7H2,1H3. The molecule has 0 bridgehead atoms. The zero-order chi connectivity index (χ0) is 19.5. The number of aryl methyl sites for hydroxylation is 1.